The summed E-state index contributed by atoms with van der Waals surface area (Å²) in [6.07, 6.45) is 6.79. The van der Waals surface area contributed by atoms with Crippen LogP contribution in [0.5, 0.6) is 5.75 Å². The largest absolute Gasteiger partial charge is 0.478 e. The summed E-state index contributed by atoms with van der Waals surface area (Å²) >= 11 is 6.58. The van der Waals surface area contributed by atoms with Gasteiger partial charge in [0.2, 0.25) is 17.8 Å². The van der Waals surface area contributed by atoms with Crippen molar-refractivity contribution in [3.8, 4) is 5.75 Å². The Labute approximate surface area is 379 Å². The van der Waals surface area contributed by atoms with Crippen LogP contribution in [0.25, 0.3) is 10.9 Å². The van der Waals surface area contributed by atoms with Gasteiger partial charge in [-0.15, -0.1) is 0 Å². The number of likely N-dealkylation sites (tertiary alicyclic amines) is 1. The Kier molecular flexibility index (Phi) is 12.5. The lowest BCUT2D eigenvalue weighted by Gasteiger charge is -2.47. The maximum Gasteiger partial charge on any atom is 0.293 e. The van der Waals surface area contributed by atoms with Crippen LogP contribution < -0.4 is 31.1 Å². The van der Waals surface area contributed by atoms with E-state index >= 15 is 8.78 Å². The van der Waals surface area contributed by atoms with Crippen LogP contribution >= 0.6 is 11.6 Å². The van der Waals surface area contributed by atoms with Crippen molar-refractivity contribution in [2.75, 3.05) is 50.1 Å². The van der Waals surface area contributed by atoms with Gasteiger partial charge in [0.05, 0.1) is 36.0 Å². The molecule has 65 heavy (non-hydrogen) atoms. The number of amides is 4. The van der Waals surface area contributed by atoms with Gasteiger partial charge < -0.3 is 39.4 Å². The minimum Gasteiger partial charge on any atom is -0.478 e. The third-order valence-electron chi connectivity index (χ3n) is 13.5. The van der Waals surface area contributed by atoms with Crippen molar-refractivity contribution in [2.45, 2.75) is 108 Å². The second-order valence-corrected chi connectivity index (χ2v) is 18.3. The molecule has 4 aliphatic heterocycles. The number of nitrogens with zero attached hydrogens (tertiary/aromatic N) is 6. The fourth-order valence-corrected chi connectivity index (χ4v) is 10.1. The number of imide groups is 1. The highest BCUT2D eigenvalue weighted by Crippen LogP contribution is 2.40. The fourth-order valence-electron chi connectivity index (χ4n) is 9.95. The first-order valence-electron chi connectivity index (χ1n) is 22.4. The van der Waals surface area contributed by atoms with E-state index in [4.69, 9.17) is 26.1 Å². The number of ether oxygens (including phenoxy) is 2. The van der Waals surface area contributed by atoms with Crippen LogP contribution in [0.4, 0.5) is 26.2 Å². The summed E-state index contributed by atoms with van der Waals surface area (Å²) in [5.74, 6) is -2.59. The molecule has 16 nitrogen and oxygen atoms in total. The topological polar surface area (TPSA) is 180 Å². The van der Waals surface area contributed by atoms with Gasteiger partial charge >= 0.3 is 0 Å². The molecular formula is C46H52ClF2N9O7. The number of rotatable bonds is 12. The van der Waals surface area contributed by atoms with Gasteiger partial charge in [0.1, 0.15) is 22.7 Å². The predicted molar refractivity (Wildman–Crippen MR) is 238 cm³/mol. The average Bonchev–Trinajstić information content (AvgIpc) is 3.63. The van der Waals surface area contributed by atoms with Crippen LogP contribution in [0.3, 0.4) is 0 Å². The Morgan fingerprint density at radius 3 is 2.45 bits per heavy atom. The van der Waals surface area contributed by atoms with Crippen molar-refractivity contribution < 1.29 is 37.4 Å². The first-order chi connectivity index (χ1) is 31.3. The van der Waals surface area contributed by atoms with E-state index in [1.807, 2.05) is 32.0 Å². The normalized spacial score (nSPS) is 22.0. The van der Waals surface area contributed by atoms with Crippen molar-refractivity contribution in [1.29, 1.82) is 0 Å². The predicted octanol–water partition coefficient (Wildman–Crippen LogP) is 5.33. The maximum absolute atomic E-state index is 16.0. The molecule has 3 saturated heterocycles. The zero-order valence-corrected chi connectivity index (χ0v) is 37.3. The van der Waals surface area contributed by atoms with Gasteiger partial charge in [-0.2, -0.15) is 4.98 Å². The van der Waals surface area contributed by atoms with Gasteiger partial charge in [0.15, 0.2) is 18.2 Å². The summed E-state index contributed by atoms with van der Waals surface area (Å²) in [6, 6.07) is 7.65. The molecule has 4 aromatic rings. The number of benzene rings is 2. The van der Waals surface area contributed by atoms with Crippen LogP contribution in [0.2, 0.25) is 5.02 Å². The van der Waals surface area contributed by atoms with Crippen LogP contribution in [-0.4, -0.2) is 112 Å². The molecule has 0 bridgehead atoms. The number of pyridine rings is 1. The molecule has 9 rings (SSSR count). The van der Waals surface area contributed by atoms with E-state index in [0.717, 1.165) is 44.2 Å². The molecule has 3 N–H and O–H groups in total. The Bertz CT molecular complexity index is 2610. The van der Waals surface area contributed by atoms with Crippen molar-refractivity contribution in [2.24, 2.45) is 0 Å². The van der Waals surface area contributed by atoms with Crippen LogP contribution in [0, 0.1) is 11.6 Å². The van der Waals surface area contributed by atoms with Crippen LogP contribution in [-0.2, 0) is 25.7 Å². The van der Waals surface area contributed by atoms with E-state index in [1.54, 1.807) is 16.8 Å². The Balaban J connectivity index is 0.753. The molecule has 0 spiro atoms. The van der Waals surface area contributed by atoms with E-state index in [9.17, 15) is 24.0 Å². The molecule has 4 fully saturated rings. The average molecular weight is 916 g/mol. The highest BCUT2D eigenvalue weighted by Gasteiger charge is 2.44. The summed E-state index contributed by atoms with van der Waals surface area (Å²) in [6.45, 7) is 6.25. The van der Waals surface area contributed by atoms with Crippen molar-refractivity contribution in [1.82, 2.24) is 35.0 Å². The smallest absolute Gasteiger partial charge is 0.293 e. The number of nitrogens with one attached hydrogen (secondary N) is 3. The van der Waals surface area contributed by atoms with E-state index in [-0.39, 0.29) is 84.1 Å². The SMILES string of the molecule is CNC(=O)COc1cc2cc(Nc3nc(N4CCC(O[C@H]5C[C@H](N6CCC(c7cc(F)c8c(c7F)CN([C@H]7CCC(=O)NC7=O)C8=O)CC6)C5)CC4)ncc3Cl)ccc2n(C(C)C)c1=O. The number of carbonyl (C=O) groups excluding carboxylic acids is 4. The number of aromatic nitrogens is 3. The van der Waals surface area contributed by atoms with Gasteiger partial charge in [0.25, 0.3) is 17.4 Å². The highest BCUT2D eigenvalue weighted by atomic mass is 35.5. The zero-order valence-electron chi connectivity index (χ0n) is 36.5. The number of carbonyl (C=O) groups is 4. The summed E-state index contributed by atoms with van der Waals surface area (Å²) in [5.41, 5.74) is 1.04. The first kappa shape index (κ1) is 44.5. The third kappa shape index (κ3) is 8.87. The quantitative estimate of drug-likeness (QED) is 0.156. The summed E-state index contributed by atoms with van der Waals surface area (Å²) in [5, 5.41) is 9.11. The van der Waals surface area contributed by atoms with Gasteiger partial charge in [-0.1, -0.05) is 11.6 Å². The van der Waals surface area contributed by atoms with Gasteiger partial charge in [-0.3, -0.25) is 29.3 Å². The minimum atomic E-state index is -0.941. The zero-order chi connectivity index (χ0) is 45.7. The lowest BCUT2D eigenvalue weighted by molar-refractivity contribution is -0.137. The molecule has 1 saturated carbocycles. The fraction of sp³-hybridized carbons (Fsp3) is 0.500. The molecule has 344 valence electrons. The summed E-state index contributed by atoms with van der Waals surface area (Å²) in [7, 11) is 1.50. The Morgan fingerprint density at radius 2 is 1.74 bits per heavy atom. The number of fused-ring (bicyclic) bond motifs is 2. The minimum absolute atomic E-state index is 0.00765. The van der Waals surface area contributed by atoms with Crippen LogP contribution in [0.15, 0.2) is 41.3 Å². The van der Waals surface area contributed by atoms with E-state index < -0.39 is 35.4 Å². The summed E-state index contributed by atoms with van der Waals surface area (Å²) < 4.78 is 45.3. The molecule has 2 aromatic carbocycles. The molecule has 2 aromatic heterocycles. The van der Waals surface area contributed by atoms with Crippen molar-refractivity contribution >= 4 is 63.6 Å². The van der Waals surface area contributed by atoms with Crippen LogP contribution in [0.1, 0.15) is 98.7 Å². The maximum atomic E-state index is 16.0. The van der Waals surface area contributed by atoms with Crippen molar-refractivity contribution in [3.05, 3.63) is 80.2 Å². The van der Waals surface area contributed by atoms with E-state index in [1.165, 1.54) is 18.0 Å². The summed E-state index contributed by atoms with van der Waals surface area (Å²) in [4.78, 5) is 77.4. The molecular weight excluding hydrogens is 864 g/mol. The molecule has 1 atom stereocenters. The lowest BCUT2D eigenvalue weighted by Crippen LogP contribution is -2.52. The molecule has 4 amide bonds. The monoisotopic (exact) mass is 915 g/mol. The third-order valence-corrected chi connectivity index (χ3v) is 13.8. The van der Waals surface area contributed by atoms with E-state index in [0.29, 0.717) is 60.0 Å². The molecule has 0 unspecified atom stereocenters. The molecule has 0 radical (unpaired) electrons. The number of hydrogen-bond acceptors (Lipinski definition) is 12. The standard InChI is InChI=1S/C46H52ClF2N9O7/c1-24(2)58-35-5-4-27(16-26(35)17-37(44(58)62)64-23-39(60)50-3)52-42-33(47)21-51-46(54-42)56-14-10-29(11-15-56)65-30-18-28(19-30)55-12-8-25(9-13-55)31-20-34(48)40-32(41(31)49)22-57(45(40)63)36-6-7-38(59)53-43(36)61/h4-5,16-17,20-21,24-25,28-30,36H,6-15,18-19,22-23H2,1-3H3,(H,50,60)(H,51,52,54)(H,53,59,61)/t28-,30-,36-/m0/s1. The van der Waals surface area contributed by atoms with E-state index in [2.05, 4.69) is 30.7 Å². The molecule has 19 heteroatoms. The second kappa shape index (κ2) is 18.3. The highest BCUT2D eigenvalue weighted by molar-refractivity contribution is 6.33. The molecule has 5 aliphatic rings. The molecule has 6 heterocycles. The number of piperidine rings is 3. The number of likely N-dealkylation sites (N-methyl/N-ethyl adjacent to an activating group) is 1. The number of hydrogen-bond donors (Lipinski definition) is 3. The van der Waals surface area contributed by atoms with Gasteiger partial charge in [-0.05, 0) is 114 Å². The lowest BCUT2D eigenvalue weighted by atomic mass is 9.82. The van der Waals surface area contributed by atoms with Gasteiger partial charge in [-0.25, -0.2) is 13.8 Å². The van der Waals surface area contributed by atoms with Gasteiger partial charge in [0, 0.05) is 55.3 Å². The Hall–Kier alpha value is -5.72. The van der Waals surface area contributed by atoms with Crippen molar-refractivity contribution in [3.63, 3.8) is 0 Å². The number of halogens is 3. The molecule has 1 aliphatic carbocycles. The number of anilines is 3. The first-order valence-corrected chi connectivity index (χ1v) is 22.8. The Morgan fingerprint density at radius 1 is 0.985 bits per heavy atom. The second-order valence-electron chi connectivity index (χ2n) is 17.9.